The predicted octanol–water partition coefficient (Wildman–Crippen LogP) is 2.44. The second kappa shape index (κ2) is 14.7. The first-order valence-electron chi connectivity index (χ1n) is 16.8. The summed E-state index contributed by atoms with van der Waals surface area (Å²) in [5.74, 6) is 0.391. The van der Waals surface area contributed by atoms with E-state index in [0.717, 1.165) is 22.2 Å². The average molecular weight is 732 g/mol. The van der Waals surface area contributed by atoms with E-state index in [9.17, 15) is 19.5 Å². The van der Waals surface area contributed by atoms with Gasteiger partial charge in [0.1, 0.15) is 29.2 Å². The number of piperidine rings is 1. The fourth-order valence-corrected chi connectivity index (χ4v) is 6.59. The number of imide groups is 1. The highest BCUT2D eigenvalue weighted by Crippen LogP contribution is 2.35. The number of nitrogens with one attached hydrogen (secondary N) is 3. The number of fused-ring (bicyclic) bond motifs is 2. The standard InChI is InChI=1S/C35H38ClN9O7/c1-37-30(47)18-52-28-13-19-12-20(4-8-26(19)43(2)34(28)49)39-32-25(36)15-38-35(41-32)45-10-11-50-22(16-45)17-51-21-5-6-23-27(14-21)44(3)42-31(23)24-7-9-29(46)40-33(24)48/h4-6,8,12-15,22,24,34,49H,7,9-11,16-18H2,1-3H3,(H,37,47)(H,38,39,41)(H,40,46,48)/t22-,24?,34?/m0/s1. The van der Waals surface area contributed by atoms with Gasteiger partial charge in [-0.15, -0.1) is 0 Å². The van der Waals surface area contributed by atoms with Crippen molar-refractivity contribution >= 4 is 69.4 Å². The molecule has 52 heavy (non-hydrogen) atoms. The summed E-state index contributed by atoms with van der Waals surface area (Å²) in [7, 11) is 5.07. The lowest BCUT2D eigenvalue weighted by molar-refractivity contribution is -0.134. The smallest absolute Gasteiger partial charge is 0.257 e. The van der Waals surface area contributed by atoms with Crippen LogP contribution < -0.4 is 30.5 Å². The lowest BCUT2D eigenvalue weighted by Gasteiger charge is -2.33. The van der Waals surface area contributed by atoms with Crippen molar-refractivity contribution < 1.29 is 33.7 Å². The SMILES string of the molecule is CNC(=O)COC1=Cc2cc(Nc3nc(N4CCO[C@H](COc5ccc6c(C7CCC(=O)NC7=O)nn(C)c6c5)C4)ncc3Cl)ccc2N(C)C1O. The number of likely N-dealkylation sites (N-methyl/N-ethyl adjacent to an activating group) is 2. The van der Waals surface area contributed by atoms with E-state index in [4.69, 9.17) is 30.8 Å². The summed E-state index contributed by atoms with van der Waals surface area (Å²) in [5, 5.41) is 24.6. The molecule has 3 amide bonds. The highest BCUT2D eigenvalue weighted by Gasteiger charge is 2.32. The van der Waals surface area contributed by atoms with Crippen molar-refractivity contribution in [2.24, 2.45) is 7.05 Å². The predicted molar refractivity (Wildman–Crippen MR) is 192 cm³/mol. The third kappa shape index (κ3) is 7.17. The first kappa shape index (κ1) is 35.0. The van der Waals surface area contributed by atoms with Crippen LogP contribution in [-0.2, 0) is 30.9 Å². The Labute approximate surface area is 303 Å². The van der Waals surface area contributed by atoms with Gasteiger partial charge in [-0.1, -0.05) is 11.6 Å². The van der Waals surface area contributed by atoms with E-state index < -0.39 is 12.1 Å². The van der Waals surface area contributed by atoms with Crippen LogP contribution in [0.5, 0.6) is 5.75 Å². The molecule has 0 bridgehead atoms. The molecule has 0 aliphatic carbocycles. The van der Waals surface area contributed by atoms with Gasteiger partial charge in [-0.3, -0.25) is 24.4 Å². The Hall–Kier alpha value is -5.45. The first-order valence-corrected chi connectivity index (χ1v) is 17.1. The van der Waals surface area contributed by atoms with Crippen LogP contribution in [0.3, 0.4) is 0 Å². The molecule has 2 unspecified atom stereocenters. The van der Waals surface area contributed by atoms with Crippen molar-refractivity contribution in [1.82, 2.24) is 30.4 Å². The zero-order valence-corrected chi connectivity index (χ0v) is 29.5. The Morgan fingerprint density at radius 2 is 2.02 bits per heavy atom. The number of morpholine rings is 1. The largest absolute Gasteiger partial charge is 0.491 e. The molecule has 0 saturated carbocycles. The van der Waals surface area contributed by atoms with Gasteiger partial charge < -0.3 is 39.8 Å². The quantitative estimate of drug-likeness (QED) is 0.175. The van der Waals surface area contributed by atoms with E-state index in [-0.39, 0.29) is 49.2 Å². The van der Waals surface area contributed by atoms with Crippen molar-refractivity contribution in [3.63, 3.8) is 0 Å². The van der Waals surface area contributed by atoms with Gasteiger partial charge in [0.15, 0.2) is 18.7 Å². The Morgan fingerprint density at radius 1 is 1.17 bits per heavy atom. The molecule has 3 aliphatic heterocycles. The minimum absolute atomic E-state index is 0.218. The van der Waals surface area contributed by atoms with E-state index in [2.05, 4.69) is 26.0 Å². The molecule has 4 aromatic rings. The molecular weight excluding hydrogens is 694 g/mol. The molecule has 2 saturated heterocycles. The zero-order chi connectivity index (χ0) is 36.5. The number of amides is 3. The number of carbonyl (C=O) groups is 3. The minimum atomic E-state index is -1.04. The van der Waals surface area contributed by atoms with Crippen molar-refractivity contribution in [2.45, 2.75) is 31.1 Å². The number of aliphatic hydroxyl groups is 1. The molecule has 16 nitrogen and oxygen atoms in total. The van der Waals surface area contributed by atoms with Crippen LogP contribution in [0.25, 0.3) is 17.0 Å². The molecule has 3 atom stereocenters. The van der Waals surface area contributed by atoms with E-state index >= 15 is 0 Å². The van der Waals surface area contributed by atoms with Gasteiger partial charge in [0.2, 0.25) is 17.8 Å². The molecule has 3 aliphatic rings. The van der Waals surface area contributed by atoms with Crippen molar-refractivity contribution in [2.75, 3.05) is 62.1 Å². The molecule has 272 valence electrons. The van der Waals surface area contributed by atoms with Crippen LogP contribution in [0.15, 0.2) is 48.4 Å². The molecule has 2 fully saturated rings. The van der Waals surface area contributed by atoms with E-state index in [1.54, 1.807) is 28.9 Å². The number of halogens is 1. The van der Waals surface area contributed by atoms with E-state index in [1.807, 2.05) is 48.3 Å². The highest BCUT2D eigenvalue weighted by molar-refractivity contribution is 6.32. The van der Waals surface area contributed by atoms with Crippen molar-refractivity contribution in [3.8, 4) is 5.75 Å². The normalized spacial score (nSPS) is 20.2. The maximum absolute atomic E-state index is 12.5. The monoisotopic (exact) mass is 731 g/mol. The van der Waals surface area contributed by atoms with E-state index in [0.29, 0.717) is 60.0 Å². The first-order chi connectivity index (χ1) is 25.1. The molecule has 2 aromatic carbocycles. The third-order valence-electron chi connectivity index (χ3n) is 9.25. The molecule has 0 spiro atoms. The van der Waals surface area contributed by atoms with Crippen LogP contribution >= 0.6 is 11.6 Å². The topological polar surface area (TPSA) is 185 Å². The zero-order valence-electron chi connectivity index (χ0n) is 28.8. The molecule has 7 rings (SSSR count). The van der Waals surface area contributed by atoms with Crippen LogP contribution in [0.1, 0.15) is 30.0 Å². The van der Waals surface area contributed by atoms with Crippen LogP contribution in [-0.4, -0.2) is 102 Å². The Morgan fingerprint density at radius 3 is 2.83 bits per heavy atom. The van der Waals surface area contributed by atoms with Gasteiger partial charge >= 0.3 is 0 Å². The maximum Gasteiger partial charge on any atom is 0.257 e. The molecule has 5 heterocycles. The fourth-order valence-electron chi connectivity index (χ4n) is 6.45. The number of nitrogens with zero attached hydrogens (tertiary/aromatic N) is 6. The number of anilines is 4. The number of aromatic nitrogens is 4. The van der Waals surface area contributed by atoms with Gasteiger partial charge in [0, 0.05) is 62.5 Å². The summed E-state index contributed by atoms with van der Waals surface area (Å²) in [5.41, 5.74) is 3.69. The van der Waals surface area contributed by atoms with Crippen molar-refractivity contribution in [3.05, 3.63) is 64.6 Å². The summed E-state index contributed by atoms with van der Waals surface area (Å²) in [4.78, 5) is 48.7. The maximum atomic E-state index is 12.5. The van der Waals surface area contributed by atoms with E-state index in [1.165, 1.54) is 7.05 Å². The molecule has 4 N–H and O–H groups in total. The molecular formula is C35H38ClN9O7. The second-order valence-electron chi connectivity index (χ2n) is 12.7. The Bertz CT molecular complexity index is 2070. The summed E-state index contributed by atoms with van der Waals surface area (Å²) in [6.45, 7) is 1.55. The fraction of sp³-hybridized carbons (Fsp3) is 0.371. The lowest BCUT2D eigenvalue weighted by atomic mass is 9.93. The second-order valence-corrected chi connectivity index (χ2v) is 13.1. The third-order valence-corrected chi connectivity index (χ3v) is 9.52. The summed E-state index contributed by atoms with van der Waals surface area (Å²) < 4.78 is 19.5. The van der Waals surface area contributed by atoms with Crippen molar-refractivity contribution in [1.29, 1.82) is 0 Å². The number of hydrogen-bond donors (Lipinski definition) is 4. The van der Waals surface area contributed by atoms with Crippen LogP contribution in [0.2, 0.25) is 5.02 Å². The van der Waals surface area contributed by atoms with Gasteiger partial charge in [-0.05, 0) is 42.8 Å². The number of carbonyl (C=O) groups excluding carboxylic acids is 3. The molecule has 17 heteroatoms. The minimum Gasteiger partial charge on any atom is -0.491 e. The lowest BCUT2D eigenvalue weighted by Crippen LogP contribution is -2.45. The van der Waals surface area contributed by atoms with Crippen LogP contribution in [0.4, 0.5) is 23.1 Å². The number of aliphatic hydroxyl groups excluding tert-OH is 1. The van der Waals surface area contributed by atoms with Gasteiger partial charge in [0.05, 0.1) is 36.5 Å². The number of benzene rings is 2. The van der Waals surface area contributed by atoms with Gasteiger partial charge in [-0.2, -0.15) is 10.1 Å². The molecule has 0 radical (unpaired) electrons. The Kier molecular flexibility index (Phi) is 9.85. The number of ether oxygens (including phenoxy) is 3. The molecule has 2 aromatic heterocycles. The summed E-state index contributed by atoms with van der Waals surface area (Å²) >= 11 is 6.53. The summed E-state index contributed by atoms with van der Waals surface area (Å²) in [6.07, 6.45) is 2.64. The van der Waals surface area contributed by atoms with Gasteiger partial charge in [-0.25, -0.2) is 4.98 Å². The summed E-state index contributed by atoms with van der Waals surface area (Å²) in [6, 6.07) is 11.2. The van der Waals surface area contributed by atoms with Gasteiger partial charge in [0.25, 0.3) is 5.91 Å². The average Bonchev–Trinajstić information content (AvgIpc) is 3.47. The number of aryl methyl sites for hydroxylation is 1. The Balaban J connectivity index is 1.01. The number of rotatable bonds is 10. The number of hydrogen-bond acceptors (Lipinski definition) is 13. The highest BCUT2D eigenvalue weighted by atomic mass is 35.5. The van der Waals surface area contributed by atoms with Crippen LogP contribution in [0, 0.1) is 0 Å².